The summed E-state index contributed by atoms with van der Waals surface area (Å²) in [6.07, 6.45) is 1.54. The van der Waals surface area contributed by atoms with Crippen LogP contribution in [0.1, 0.15) is 47.5 Å². The van der Waals surface area contributed by atoms with Crippen molar-refractivity contribution in [2.45, 2.75) is 47.5 Å². The molecular weight excluding hydrogens is 230 g/mol. The molecular formula is C14H27NO3. The molecule has 18 heavy (non-hydrogen) atoms. The first-order valence-electron chi connectivity index (χ1n) is 6.80. The van der Waals surface area contributed by atoms with Crippen molar-refractivity contribution in [3.05, 3.63) is 0 Å². The van der Waals surface area contributed by atoms with Crippen molar-refractivity contribution in [2.24, 2.45) is 23.7 Å². The Morgan fingerprint density at radius 3 is 2.11 bits per heavy atom. The monoisotopic (exact) mass is 257 g/mol. The van der Waals surface area contributed by atoms with Gasteiger partial charge in [0.05, 0.1) is 5.92 Å². The van der Waals surface area contributed by atoms with Crippen LogP contribution in [0.25, 0.3) is 0 Å². The normalized spacial score (nSPS) is 16.1. The van der Waals surface area contributed by atoms with Crippen LogP contribution in [0.2, 0.25) is 0 Å². The summed E-state index contributed by atoms with van der Waals surface area (Å²) in [6.45, 7) is 10.2. The quantitative estimate of drug-likeness (QED) is 0.702. The fourth-order valence-corrected chi connectivity index (χ4v) is 1.84. The lowest BCUT2D eigenvalue weighted by molar-refractivity contribution is -0.142. The minimum Gasteiger partial charge on any atom is -0.481 e. The maximum absolute atomic E-state index is 11.9. The Labute approximate surface area is 110 Å². The Balaban J connectivity index is 4.27. The average Bonchev–Trinajstić information content (AvgIpc) is 2.31. The highest BCUT2D eigenvalue weighted by Crippen LogP contribution is 2.15. The van der Waals surface area contributed by atoms with E-state index in [0.717, 1.165) is 6.42 Å². The largest absolute Gasteiger partial charge is 0.481 e. The Hall–Kier alpha value is -1.06. The third-order valence-electron chi connectivity index (χ3n) is 3.54. The minimum absolute atomic E-state index is 0.0423. The van der Waals surface area contributed by atoms with Crippen LogP contribution in [-0.2, 0) is 9.59 Å². The van der Waals surface area contributed by atoms with Crippen molar-refractivity contribution in [2.75, 3.05) is 6.54 Å². The van der Waals surface area contributed by atoms with Gasteiger partial charge in [-0.15, -0.1) is 0 Å². The molecule has 4 nitrogen and oxygen atoms in total. The zero-order chi connectivity index (χ0) is 14.3. The second-order valence-corrected chi connectivity index (χ2v) is 5.58. The summed E-state index contributed by atoms with van der Waals surface area (Å²) in [6, 6.07) is 0. The van der Waals surface area contributed by atoms with Gasteiger partial charge in [-0.3, -0.25) is 9.59 Å². The van der Waals surface area contributed by atoms with Gasteiger partial charge in [-0.25, -0.2) is 0 Å². The molecule has 0 rings (SSSR count). The van der Waals surface area contributed by atoms with Gasteiger partial charge in [0.2, 0.25) is 5.91 Å². The van der Waals surface area contributed by atoms with Gasteiger partial charge >= 0.3 is 5.97 Å². The van der Waals surface area contributed by atoms with Gasteiger partial charge in [-0.1, -0.05) is 41.0 Å². The molecule has 0 saturated heterocycles. The predicted molar refractivity (Wildman–Crippen MR) is 72.2 cm³/mol. The average molecular weight is 257 g/mol. The fraction of sp³-hybridized carbons (Fsp3) is 0.857. The molecule has 0 bridgehead atoms. The summed E-state index contributed by atoms with van der Waals surface area (Å²) in [4.78, 5) is 22.9. The fourth-order valence-electron chi connectivity index (χ4n) is 1.84. The van der Waals surface area contributed by atoms with Crippen molar-refractivity contribution in [3.63, 3.8) is 0 Å². The number of carbonyl (C=O) groups is 2. The number of hydrogen-bond donors (Lipinski definition) is 2. The van der Waals surface area contributed by atoms with Crippen molar-refractivity contribution in [1.82, 2.24) is 5.32 Å². The molecule has 0 saturated carbocycles. The molecule has 0 heterocycles. The zero-order valence-corrected chi connectivity index (χ0v) is 12.2. The van der Waals surface area contributed by atoms with Gasteiger partial charge in [0, 0.05) is 12.5 Å². The second-order valence-electron chi connectivity index (χ2n) is 5.58. The lowest BCUT2D eigenvalue weighted by atomic mass is 9.92. The number of carboxylic acids is 1. The van der Waals surface area contributed by atoms with Crippen LogP contribution in [0.15, 0.2) is 0 Å². The highest BCUT2D eigenvalue weighted by molar-refractivity contribution is 5.79. The molecule has 0 radical (unpaired) electrons. The van der Waals surface area contributed by atoms with Gasteiger partial charge in [-0.2, -0.15) is 0 Å². The van der Waals surface area contributed by atoms with Crippen LogP contribution in [0.3, 0.4) is 0 Å². The number of rotatable bonds is 8. The molecule has 106 valence electrons. The molecule has 3 atom stereocenters. The van der Waals surface area contributed by atoms with E-state index < -0.39 is 11.9 Å². The van der Waals surface area contributed by atoms with Crippen molar-refractivity contribution in [1.29, 1.82) is 0 Å². The van der Waals surface area contributed by atoms with E-state index in [2.05, 4.69) is 5.32 Å². The lowest BCUT2D eigenvalue weighted by Gasteiger charge is -2.20. The lowest BCUT2D eigenvalue weighted by Crippen LogP contribution is -2.38. The molecule has 0 aliphatic heterocycles. The van der Waals surface area contributed by atoms with Gasteiger partial charge in [0.25, 0.3) is 0 Å². The first kappa shape index (κ1) is 16.9. The molecule has 3 unspecified atom stereocenters. The van der Waals surface area contributed by atoms with Gasteiger partial charge in [-0.05, 0) is 18.3 Å². The number of amides is 1. The smallest absolute Gasteiger partial charge is 0.308 e. The summed E-state index contributed by atoms with van der Waals surface area (Å²) in [5.41, 5.74) is 0. The summed E-state index contributed by atoms with van der Waals surface area (Å²) >= 11 is 0. The third kappa shape index (κ3) is 6.03. The molecule has 4 heteroatoms. The second kappa shape index (κ2) is 8.11. The molecule has 0 aromatic rings. The summed E-state index contributed by atoms with van der Waals surface area (Å²) in [7, 11) is 0. The molecule has 0 aromatic heterocycles. The van der Waals surface area contributed by atoms with Gasteiger partial charge in [0.1, 0.15) is 0 Å². The number of carbonyl (C=O) groups excluding carboxylic acids is 1. The summed E-state index contributed by atoms with van der Waals surface area (Å²) in [5.74, 6) is -0.797. The Morgan fingerprint density at radius 2 is 1.72 bits per heavy atom. The standard InChI is InChI=1S/C14H27NO3/c1-6-10(4)11(5)13(16)15-8-12(14(17)18)7-9(2)3/h9-12H,6-8H2,1-5H3,(H,15,16)(H,17,18). The Bertz CT molecular complexity index is 276. The minimum atomic E-state index is -0.833. The van der Waals surface area contributed by atoms with E-state index in [1.807, 2.05) is 34.6 Å². The molecule has 0 fully saturated rings. The number of carboxylic acid groups (broad SMARTS) is 1. The third-order valence-corrected chi connectivity index (χ3v) is 3.54. The van der Waals surface area contributed by atoms with E-state index in [4.69, 9.17) is 5.11 Å². The highest BCUT2D eigenvalue weighted by Gasteiger charge is 2.23. The Morgan fingerprint density at radius 1 is 1.17 bits per heavy atom. The molecule has 0 aliphatic carbocycles. The zero-order valence-electron chi connectivity index (χ0n) is 12.2. The van der Waals surface area contributed by atoms with Crippen molar-refractivity contribution < 1.29 is 14.7 Å². The predicted octanol–water partition coefficient (Wildman–Crippen LogP) is 2.53. The van der Waals surface area contributed by atoms with E-state index in [0.29, 0.717) is 18.3 Å². The van der Waals surface area contributed by atoms with Crippen LogP contribution < -0.4 is 5.32 Å². The highest BCUT2D eigenvalue weighted by atomic mass is 16.4. The Kier molecular flexibility index (Phi) is 7.64. The van der Waals surface area contributed by atoms with Crippen LogP contribution in [0, 0.1) is 23.7 Å². The van der Waals surface area contributed by atoms with E-state index in [1.54, 1.807) is 0 Å². The van der Waals surface area contributed by atoms with E-state index in [-0.39, 0.29) is 18.4 Å². The molecule has 0 aliphatic rings. The molecule has 0 spiro atoms. The van der Waals surface area contributed by atoms with Crippen LogP contribution in [0.4, 0.5) is 0 Å². The molecule has 0 aromatic carbocycles. The van der Waals surface area contributed by atoms with Crippen molar-refractivity contribution in [3.8, 4) is 0 Å². The molecule has 2 N–H and O–H groups in total. The SMILES string of the molecule is CCC(C)C(C)C(=O)NCC(CC(C)C)C(=O)O. The van der Waals surface area contributed by atoms with Crippen molar-refractivity contribution >= 4 is 11.9 Å². The van der Waals surface area contributed by atoms with E-state index in [1.165, 1.54) is 0 Å². The van der Waals surface area contributed by atoms with Gasteiger partial charge < -0.3 is 10.4 Å². The van der Waals surface area contributed by atoms with E-state index in [9.17, 15) is 9.59 Å². The maximum Gasteiger partial charge on any atom is 0.308 e. The first-order chi connectivity index (χ1) is 8.29. The summed E-state index contributed by atoms with van der Waals surface area (Å²) < 4.78 is 0. The number of aliphatic carboxylic acids is 1. The number of nitrogens with one attached hydrogen (secondary N) is 1. The molecule has 1 amide bonds. The maximum atomic E-state index is 11.9. The summed E-state index contributed by atoms with van der Waals surface area (Å²) in [5, 5.41) is 11.8. The van der Waals surface area contributed by atoms with Crippen LogP contribution in [-0.4, -0.2) is 23.5 Å². The van der Waals surface area contributed by atoms with Crippen LogP contribution in [0.5, 0.6) is 0 Å². The van der Waals surface area contributed by atoms with Crippen LogP contribution >= 0.6 is 0 Å². The topological polar surface area (TPSA) is 66.4 Å². The number of hydrogen-bond acceptors (Lipinski definition) is 2. The first-order valence-corrected chi connectivity index (χ1v) is 6.80. The van der Waals surface area contributed by atoms with E-state index >= 15 is 0 Å². The van der Waals surface area contributed by atoms with Gasteiger partial charge in [0.15, 0.2) is 0 Å².